The Morgan fingerprint density at radius 2 is 2.06 bits per heavy atom. The topological polar surface area (TPSA) is 104 Å². The van der Waals surface area contributed by atoms with Crippen molar-refractivity contribution in [3.63, 3.8) is 0 Å². The molecule has 0 aliphatic heterocycles. The lowest BCUT2D eigenvalue weighted by atomic mass is 10.1. The van der Waals surface area contributed by atoms with Crippen molar-refractivity contribution in [1.29, 1.82) is 0 Å². The SMILES string of the molecule is CC(C)NC(=O)CNc1cc(C(=O)O)ccc1N. The van der Waals surface area contributed by atoms with E-state index in [1.807, 2.05) is 13.8 Å². The summed E-state index contributed by atoms with van der Waals surface area (Å²) in [6, 6.07) is 4.37. The first kappa shape index (κ1) is 13.8. The predicted molar refractivity (Wildman–Crippen MR) is 69.6 cm³/mol. The second-order valence-corrected chi connectivity index (χ2v) is 4.18. The minimum atomic E-state index is -1.04. The first-order valence-corrected chi connectivity index (χ1v) is 5.56. The van der Waals surface area contributed by atoms with Gasteiger partial charge in [-0.25, -0.2) is 4.79 Å². The zero-order valence-electron chi connectivity index (χ0n) is 10.4. The van der Waals surface area contributed by atoms with Crippen LogP contribution in [0, 0.1) is 0 Å². The van der Waals surface area contributed by atoms with Crippen LogP contribution in [-0.4, -0.2) is 29.6 Å². The average Bonchev–Trinajstić information content (AvgIpc) is 2.26. The number of amides is 1. The quantitative estimate of drug-likeness (QED) is 0.582. The van der Waals surface area contributed by atoms with Crippen molar-refractivity contribution in [1.82, 2.24) is 5.32 Å². The number of rotatable bonds is 5. The summed E-state index contributed by atoms with van der Waals surface area (Å²) in [5.74, 6) is -1.21. The van der Waals surface area contributed by atoms with E-state index in [-0.39, 0.29) is 24.1 Å². The van der Waals surface area contributed by atoms with Gasteiger partial charge in [-0.15, -0.1) is 0 Å². The summed E-state index contributed by atoms with van der Waals surface area (Å²) in [6.45, 7) is 3.76. The molecule has 0 bridgehead atoms. The van der Waals surface area contributed by atoms with Gasteiger partial charge >= 0.3 is 5.97 Å². The van der Waals surface area contributed by atoms with Crippen LogP contribution in [0.15, 0.2) is 18.2 Å². The zero-order valence-corrected chi connectivity index (χ0v) is 10.4. The highest BCUT2D eigenvalue weighted by Gasteiger charge is 2.08. The number of carboxylic acid groups (broad SMARTS) is 1. The molecule has 0 unspecified atom stereocenters. The number of carbonyl (C=O) groups excluding carboxylic acids is 1. The van der Waals surface area contributed by atoms with Crippen LogP contribution in [0.5, 0.6) is 0 Å². The highest BCUT2D eigenvalue weighted by Crippen LogP contribution is 2.19. The Labute approximate surface area is 105 Å². The monoisotopic (exact) mass is 251 g/mol. The largest absolute Gasteiger partial charge is 0.478 e. The number of nitrogens with two attached hydrogens (primary N) is 1. The molecule has 0 saturated heterocycles. The lowest BCUT2D eigenvalue weighted by Gasteiger charge is -2.12. The fourth-order valence-electron chi connectivity index (χ4n) is 1.39. The third-order valence-corrected chi connectivity index (χ3v) is 2.19. The molecule has 0 aliphatic carbocycles. The molecule has 1 aromatic rings. The maximum Gasteiger partial charge on any atom is 0.335 e. The van der Waals surface area contributed by atoms with Gasteiger partial charge in [-0.2, -0.15) is 0 Å². The van der Waals surface area contributed by atoms with Crippen molar-refractivity contribution in [2.24, 2.45) is 0 Å². The Morgan fingerprint density at radius 1 is 1.39 bits per heavy atom. The molecule has 98 valence electrons. The van der Waals surface area contributed by atoms with Crippen LogP contribution in [0.1, 0.15) is 24.2 Å². The van der Waals surface area contributed by atoms with Crippen LogP contribution >= 0.6 is 0 Å². The molecule has 0 saturated carbocycles. The molecule has 0 heterocycles. The molecular formula is C12H17N3O3. The van der Waals surface area contributed by atoms with E-state index < -0.39 is 5.97 Å². The number of anilines is 2. The van der Waals surface area contributed by atoms with Gasteiger partial charge in [0.15, 0.2) is 0 Å². The summed E-state index contributed by atoms with van der Waals surface area (Å²) < 4.78 is 0. The third kappa shape index (κ3) is 3.97. The van der Waals surface area contributed by atoms with Gasteiger partial charge in [0.1, 0.15) is 0 Å². The molecule has 0 radical (unpaired) electrons. The summed E-state index contributed by atoms with van der Waals surface area (Å²) in [6.07, 6.45) is 0. The third-order valence-electron chi connectivity index (χ3n) is 2.19. The molecule has 1 rings (SSSR count). The molecule has 0 fully saturated rings. The Morgan fingerprint density at radius 3 is 2.61 bits per heavy atom. The van der Waals surface area contributed by atoms with Crippen molar-refractivity contribution in [3.8, 4) is 0 Å². The minimum Gasteiger partial charge on any atom is -0.478 e. The normalized spacial score (nSPS) is 10.2. The van der Waals surface area contributed by atoms with Gasteiger partial charge in [0.2, 0.25) is 5.91 Å². The number of nitrogen functional groups attached to an aromatic ring is 1. The summed E-state index contributed by atoms with van der Waals surface area (Å²) >= 11 is 0. The van der Waals surface area contributed by atoms with E-state index >= 15 is 0 Å². The number of aromatic carboxylic acids is 1. The maximum absolute atomic E-state index is 11.4. The van der Waals surface area contributed by atoms with Gasteiger partial charge < -0.3 is 21.5 Å². The lowest BCUT2D eigenvalue weighted by molar-refractivity contribution is -0.119. The Bertz CT molecular complexity index is 458. The standard InChI is InChI=1S/C12H17N3O3/c1-7(2)15-11(16)6-14-10-5-8(12(17)18)3-4-9(10)13/h3-5,7,14H,6,13H2,1-2H3,(H,15,16)(H,17,18). The van der Waals surface area contributed by atoms with E-state index in [9.17, 15) is 9.59 Å². The number of benzene rings is 1. The van der Waals surface area contributed by atoms with Crippen molar-refractivity contribution in [2.45, 2.75) is 19.9 Å². The van der Waals surface area contributed by atoms with Crippen molar-refractivity contribution < 1.29 is 14.7 Å². The van der Waals surface area contributed by atoms with E-state index in [1.165, 1.54) is 18.2 Å². The second-order valence-electron chi connectivity index (χ2n) is 4.18. The van der Waals surface area contributed by atoms with Gasteiger partial charge in [-0.1, -0.05) is 0 Å². The van der Waals surface area contributed by atoms with Gasteiger partial charge in [-0.05, 0) is 32.0 Å². The van der Waals surface area contributed by atoms with Crippen LogP contribution in [0.2, 0.25) is 0 Å². The van der Waals surface area contributed by atoms with Gasteiger partial charge in [0.05, 0.1) is 23.5 Å². The van der Waals surface area contributed by atoms with E-state index in [1.54, 1.807) is 0 Å². The van der Waals surface area contributed by atoms with Crippen LogP contribution in [-0.2, 0) is 4.79 Å². The number of hydrogen-bond donors (Lipinski definition) is 4. The van der Waals surface area contributed by atoms with Gasteiger partial charge in [0, 0.05) is 6.04 Å². The smallest absolute Gasteiger partial charge is 0.335 e. The molecule has 5 N–H and O–H groups in total. The van der Waals surface area contributed by atoms with E-state index in [2.05, 4.69) is 10.6 Å². The summed E-state index contributed by atoms with van der Waals surface area (Å²) in [5.41, 5.74) is 6.65. The zero-order chi connectivity index (χ0) is 13.7. The highest BCUT2D eigenvalue weighted by molar-refractivity contribution is 5.91. The van der Waals surface area contributed by atoms with Gasteiger partial charge in [0.25, 0.3) is 0 Å². The Hall–Kier alpha value is -2.24. The van der Waals surface area contributed by atoms with E-state index in [4.69, 9.17) is 10.8 Å². The van der Waals surface area contributed by atoms with Crippen LogP contribution < -0.4 is 16.4 Å². The number of carboxylic acids is 1. The summed E-state index contributed by atoms with van der Waals surface area (Å²) in [5, 5.41) is 14.4. The average molecular weight is 251 g/mol. The number of hydrogen-bond acceptors (Lipinski definition) is 4. The molecular weight excluding hydrogens is 234 g/mol. The van der Waals surface area contributed by atoms with Crippen LogP contribution in [0.3, 0.4) is 0 Å². The molecule has 1 aromatic carbocycles. The second kappa shape index (κ2) is 5.90. The Kier molecular flexibility index (Phi) is 4.53. The molecule has 6 nitrogen and oxygen atoms in total. The van der Waals surface area contributed by atoms with Crippen molar-refractivity contribution in [2.75, 3.05) is 17.6 Å². The molecule has 18 heavy (non-hydrogen) atoms. The van der Waals surface area contributed by atoms with E-state index in [0.717, 1.165) is 0 Å². The van der Waals surface area contributed by atoms with Crippen molar-refractivity contribution >= 4 is 23.3 Å². The fourth-order valence-corrected chi connectivity index (χ4v) is 1.39. The van der Waals surface area contributed by atoms with Crippen LogP contribution in [0.25, 0.3) is 0 Å². The highest BCUT2D eigenvalue weighted by atomic mass is 16.4. The fraction of sp³-hybridized carbons (Fsp3) is 0.333. The van der Waals surface area contributed by atoms with Crippen molar-refractivity contribution in [3.05, 3.63) is 23.8 Å². The Balaban J connectivity index is 2.69. The summed E-state index contributed by atoms with van der Waals surface area (Å²) in [4.78, 5) is 22.2. The first-order chi connectivity index (χ1) is 8.40. The van der Waals surface area contributed by atoms with Gasteiger partial charge in [-0.3, -0.25) is 4.79 Å². The molecule has 6 heteroatoms. The lowest BCUT2D eigenvalue weighted by Crippen LogP contribution is -2.34. The molecule has 0 spiro atoms. The molecule has 0 aromatic heterocycles. The maximum atomic E-state index is 11.4. The predicted octanol–water partition coefficient (Wildman–Crippen LogP) is 0.903. The number of nitrogens with one attached hydrogen (secondary N) is 2. The van der Waals surface area contributed by atoms with Crippen LogP contribution in [0.4, 0.5) is 11.4 Å². The minimum absolute atomic E-state index is 0.0471. The molecule has 1 amide bonds. The van der Waals surface area contributed by atoms with E-state index in [0.29, 0.717) is 11.4 Å². The summed E-state index contributed by atoms with van der Waals surface area (Å²) in [7, 11) is 0. The molecule has 0 atom stereocenters. The first-order valence-electron chi connectivity index (χ1n) is 5.56. The number of carbonyl (C=O) groups is 2. The molecule has 0 aliphatic rings.